The van der Waals surface area contributed by atoms with Crippen LogP contribution in [0.2, 0.25) is 0 Å². The van der Waals surface area contributed by atoms with Gasteiger partial charge in [-0.3, -0.25) is 4.79 Å². The van der Waals surface area contributed by atoms with E-state index in [1.807, 2.05) is 12.1 Å². The fourth-order valence-electron chi connectivity index (χ4n) is 1.88. The van der Waals surface area contributed by atoms with Crippen molar-refractivity contribution in [2.24, 2.45) is 0 Å². The molecule has 0 saturated heterocycles. The summed E-state index contributed by atoms with van der Waals surface area (Å²) in [7, 11) is 0. The quantitative estimate of drug-likeness (QED) is 0.890. The Morgan fingerprint density at radius 1 is 1.29 bits per heavy atom. The number of rotatable bonds is 5. The minimum absolute atomic E-state index is 0.192. The highest BCUT2D eigenvalue weighted by Gasteiger charge is 2.14. The van der Waals surface area contributed by atoms with Gasteiger partial charge in [0.2, 0.25) is 0 Å². The number of hydrogen-bond donors (Lipinski definition) is 2. The monoisotopic (exact) mass is 304 g/mol. The summed E-state index contributed by atoms with van der Waals surface area (Å²) in [6.45, 7) is 3.93. The van der Waals surface area contributed by atoms with Crippen molar-refractivity contribution in [3.63, 3.8) is 0 Å². The second-order valence-electron chi connectivity index (χ2n) is 4.56. The maximum atomic E-state index is 12.0. The summed E-state index contributed by atoms with van der Waals surface area (Å²) in [6.07, 6.45) is 0.929. The van der Waals surface area contributed by atoms with Crippen LogP contribution in [0.5, 0.6) is 0 Å². The van der Waals surface area contributed by atoms with Crippen LogP contribution in [-0.2, 0) is 13.0 Å². The normalized spacial score (nSPS) is 10.4. The highest BCUT2D eigenvalue weighted by atomic mass is 32.1. The Hall–Kier alpha value is -2.21. The molecule has 1 aromatic carbocycles. The summed E-state index contributed by atoms with van der Waals surface area (Å²) in [5.41, 5.74) is 2.23. The first-order valence-corrected chi connectivity index (χ1v) is 7.39. The van der Waals surface area contributed by atoms with Gasteiger partial charge in [-0.1, -0.05) is 19.1 Å². The minimum atomic E-state index is -0.988. The first kappa shape index (κ1) is 15.2. The van der Waals surface area contributed by atoms with Crippen LogP contribution in [-0.4, -0.2) is 22.0 Å². The predicted molar refractivity (Wildman–Crippen MR) is 80.8 cm³/mol. The van der Waals surface area contributed by atoms with E-state index in [0.29, 0.717) is 16.3 Å². The number of carbonyl (C=O) groups is 2. The van der Waals surface area contributed by atoms with E-state index in [1.54, 1.807) is 19.1 Å². The van der Waals surface area contributed by atoms with E-state index in [1.165, 1.54) is 5.56 Å². The number of benzene rings is 1. The summed E-state index contributed by atoms with van der Waals surface area (Å²) < 4.78 is 0. The molecule has 2 rings (SSSR count). The lowest BCUT2D eigenvalue weighted by molar-refractivity contribution is 0.0701. The number of carboxylic acids is 1. The van der Waals surface area contributed by atoms with Crippen LogP contribution < -0.4 is 5.32 Å². The molecule has 1 heterocycles. The second kappa shape index (κ2) is 6.49. The average molecular weight is 304 g/mol. The molecule has 0 unspecified atom stereocenters. The largest absolute Gasteiger partial charge is 0.477 e. The molecule has 1 amide bonds. The minimum Gasteiger partial charge on any atom is -0.477 e. The molecule has 5 nitrogen and oxygen atoms in total. The lowest BCUT2D eigenvalue weighted by atomic mass is 10.1. The average Bonchev–Trinajstić information content (AvgIpc) is 2.86. The predicted octanol–water partition coefficient (Wildman–Crippen LogP) is 2.64. The van der Waals surface area contributed by atoms with Crippen LogP contribution in [0.15, 0.2) is 24.3 Å². The number of aryl methyl sites for hydroxylation is 2. The van der Waals surface area contributed by atoms with Crippen LogP contribution in [0.25, 0.3) is 0 Å². The molecule has 0 aliphatic rings. The third-order valence-electron chi connectivity index (χ3n) is 3.06. The van der Waals surface area contributed by atoms with Crippen LogP contribution in [0.1, 0.15) is 43.2 Å². The van der Waals surface area contributed by atoms with Crippen molar-refractivity contribution in [3.8, 4) is 0 Å². The number of nitrogens with zero attached hydrogens (tertiary/aromatic N) is 1. The molecule has 110 valence electrons. The Morgan fingerprint density at radius 3 is 2.48 bits per heavy atom. The van der Waals surface area contributed by atoms with Crippen molar-refractivity contribution >= 4 is 23.2 Å². The first-order chi connectivity index (χ1) is 10.0. The number of carbonyl (C=O) groups excluding carboxylic acids is 1. The second-order valence-corrected chi connectivity index (χ2v) is 5.64. The Labute approximate surface area is 126 Å². The van der Waals surface area contributed by atoms with E-state index in [9.17, 15) is 9.59 Å². The highest BCUT2D eigenvalue weighted by Crippen LogP contribution is 2.17. The van der Waals surface area contributed by atoms with Crippen molar-refractivity contribution in [1.82, 2.24) is 10.3 Å². The number of aromatic nitrogens is 1. The molecular formula is C15H16N2O3S. The van der Waals surface area contributed by atoms with E-state index in [-0.39, 0.29) is 17.3 Å². The fourth-order valence-corrected chi connectivity index (χ4v) is 2.72. The van der Waals surface area contributed by atoms with Gasteiger partial charge in [-0.25, -0.2) is 9.78 Å². The molecule has 0 aliphatic carbocycles. The highest BCUT2D eigenvalue weighted by molar-refractivity contribution is 7.13. The van der Waals surface area contributed by atoms with Gasteiger partial charge in [0.25, 0.3) is 5.91 Å². The fraction of sp³-hybridized carbons (Fsp3) is 0.267. The van der Waals surface area contributed by atoms with E-state index in [4.69, 9.17) is 5.11 Å². The lowest BCUT2D eigenvalue weighted by Crippen LogP contribution is -2.22. The molecule has 0 atom stereocenters. The van der Waals surface area contributed by atoms with Crippen molar-refractivity contribution in [1.29, 1.82) is 0 Å². The molecule has 1 aromatic heterocycles. The van der Waals surface area contributed by atoms with Crippen LogP contribution in [0.4, 0.5) is 0 Å². The first-order valence-electron chi connectivity index (χ1n) is 6.58. The number of nitrogens with one attached hydrogen (secondary N) is 1. The molecule has 2 aromatic rings. The number of aromatic carboxylic acids is 1. The molecule has 6 heteroatoms. The van der Waals surface area contributed by atoms with Crippen LogP contribution in [0.3, 0.4) is 0 Å². The molecule has 2 N–H and O–H groups in total. The van der Waals surface area contributed by atoms with Gasteiger partial charge in [-0.2, -0.15) is 0 Å². The Morgan fingerprint density at radius 2 is 1.95 bits per heavy atom. The van der Waals surface area contributed by atoms with Gasteiger partial charge < -0.3 is 10.4 Å². The zero-order chi connectivity index (χ0) is 15.4. The van der Waals surface area contributed by atoms with Gasteiger partial charge >= 0.3 is 5.97 Å². The van der Waals surface area contributed by atoms with Gasteiger partial charge in [-0.15, -0.1) is 11.3 Å². The smallest absolute Gasteiger partial charge is 0.347 e. The lowest BCUT2D eigenvalue weighted by Gasteiger charge is -2.04. The molecular weight excluding hydrogens is 288 g/mol. The SMILES string of the molecule is CCc1ccc(C(=O)NCc2nc(C)c(C(=O)O)s2)cc1. The number of hydrogen-bond acceptors (Lipinski definition) is 4. The van der Waals surface area contributed by atoms with Crippen molar-refractivity contribution in [2.45, 2.75) is 26.8 Å². The van der Waals surface area contributed by atoms with Crippen molar-refractivity contribution < 1.29 is 14.7 Å². The number of carboxylic acid groups (broad SMARTS) is 1. The number of amides is 1. The standard InChI is InChI=1S/C15H16N2O3S/c1-3-10-4-6-11(7-5-10)14(18)16-8-12-17-9(2)13(21-12)15(19)20/h4-7H,3,8H2,1-2H3,(H,16,18)(H,19,20). The van der Waals surface area contributed by atoms with Crippen LogP contribution in [0, 0.1) is 6.92 Å². The van der Waals surface area contributed by atoms with E-state index < -0.39 is 5.97 Å². The molecule has 0 saturated carbocycles. The number of thiazole rings is 1. The maximum absolute atomic E-state index is 12.0. The zero-order valence-corrected chi connectivity index (χ0v) is 12.7. The van der Waals surface area contributed by atoms with Crippen molar-refractivity contribution in [3.05, 3.63) is 51.0 Å². The molecule has 0 bridgehead atoms. The molecule has 21 heavy (non-hydrogen) atoms. The molecule has 0 radical (unpaired) electrons. The topological polar surface area (TPSA) is 79.3 Å². The third kappa shape index (κ3) is 3.66. The van der Waals surface area contributed by atoms with Crippen molar-refractivity contribution in [2.75, 3.05) is 0 Å². The summed E-state index contributed by atoms with van der Waals surface area (Å²) in [5, 5.41) is 12.3. The van der Waals surface area contributed by atoms with E-state index in [0.717, 1.165) is 17.8 Å². The summed E-state index contributed by atoms with van der Waals surface area (Å²) in [5.74, 6) is -1.18. The van der Waals surface area contributed by atoms with Gasteiger partial charge in [0, 0.05) is 5.56 Å². The molecule has 0 aliphatic heterocycles. The van der Waals surface area contributed by atoms with E-state index >= 15 is 0 Å². The van der Waals surface area contributed by atoms with Gasteiger partial charge in [0.15, 0.2) is 0 Å². The maximum Gasteiger partial charge on any atom is 0.347 e. The Bertz CT molecular complexity index is 662. The van der Waals surface area contributed by atoms with E-state index in [2.05, 4.69) is 17.2 Å². The van der Waals surface area contributed by atoms with Gasteiger partial charge in [0.05, 0.1) is 12.2 Å². The Balaban J connectivity index is 2.00. The van der Waals surface area contributed by atoms with Crippen LogP contribution >= 0.6 is 11.3 Å². The summed E-state index contributed by atoms with van der Waals surface area (Å²) in [6, 6.07) is 7.41. The third-order valence-corrected chi connectivity index (χ3v) is 4.21. The molecule has 0 spiro atoms. The molecule has 0 fully saturated rings. The zero-order valence-electron chi connectivity index (χ0n) is 11.8. The summed E-state index contributed by atoms with van der Waals surface area (Å²) in [4.78, 5) is 27.3. The summed E-state index contributed by atoms with van der Waals surface area (Å²) >= 11 is 1.09. The Kier molecular flexibility index (Phi) is 4.70. The van der Waals surface area contributed by atoms with Gasteiger partial charge in [-0.05, 0) is 31.0 Å². The van der Waals surface area contributed by atoms with Gasteiger partial charge in [0.1, 0.15) is 9.88 Å².